The van der Waals surface area contributed by atoms with Gasteiger partial charge in [-0.1, -0.05) is 84.7 Å². The van der Waals surface area contributed by atoms with Gasteiger partial charge in [0.2, 0.25) is 0 Å². The van der Waals surface area contributed by atoms with Crippen LogP contribution in [0, 0.1) is 55.7 Å². The number of rotatable bonds is 14. The number of carboxylic acids is 1. The summed E-state index contributed by atoms with van der Waals surface area (Å²) in [7, 11) is 4.20. The van der Waals surface area contributed by atoms with Crippen LogP contribution in [0.5, 0.6) is 0 Å². The molecular weight excluding hydrogens is 760 g/mol. The molecule has 8 nitrogen and oxygen atoms in total. The molecule has 9 unspecified atom stereocenters. The number of aliphatic hydroxyl groups excluding tert-OH is 1. The van der Waals surface area contributed by atoms with E-state index >= 15 is 0 Å². The molecule has 9 heteroatoms. The second-order valence-electron chi connectivity index (χ2n) is 22.7. The van der Waals surface area contributed by atoms with Crippen LogP contribution in [0.2, 0.25) is 5.02 Å². The van der Waals surface area contributed by atoms with Gasteiger partial charge in [-0.3, -0.25) is 19.3 Å². The van der Waals surface area contributed by atoms with Gasteiger partial charge in [-0.25, -0.2) is 0 Å². The maximum Gasteiger partial charge on any atom is 0.309 e. The van der Waals surface area contributed by atoms with Crippen molar-refractivity contribution >= 4 is 29.3 Å². The van der Waals surface area contributed by atoms with E-state index in [2.05, 4.69) is 91.4 Å². The summed E-state index contributed by atoms with van der Waals surface area (Å²) < 4.78 is 6.23. The summed E-state index contributed by atoms with van der Waals surface area (Å²) in [5.41, 5.74) is 1.34. The molecule has 6 rings (SSSR count). The number of fused-ring (bicyclic) bond motifs is 7. The Balaban J connectivity index is 1.31. The predicted molar refractivity (Wildman–Crippen MR) is 236 cm³/mol. The van der Waals surface area contributed by atoms with Crippen LogP contribution in [-0.2, 0) is 25.7 Å². The van der Waals surface area contributed by atoms with Gasteiger partial charge in [-0.15, -0.1) is 0 Å². The van der Waals surface area contributed by atoms with E-state index in [0.29, 0.717) is 23.9 Å². The largest absolute Gasteiger partial charge is 0.481 e. The molecule has 0 aliphatic heterocycles. The molecule has 2 N–H and O–H groups in total. The number of carbonyl (C=O) groups excluding carboxylic acids is 2. The molecule has 0 amide bonds. The Morgan fingerprint density at radius 3 is 2.14 bits per heavy atom. The number of carboxylic acid groups (broad SMARTS) is 1. The Morgan fingerprint density at radius 1 is 0.898 bits per heavy atom. The molecule has 0 radical (unpaired) electrons. The lowest BCUT2D eigenvalue weighted by Crippen LogP contribution is -2.70. The van der Waals surface area contributed by atoms with Gasteiger partial charge in [0, 0.05) is 35.4 Å². The molecule has 1 aromatic carbocycles. The van der Waals surface area contributed by atoms with Gasteiger partial charge in [-0.2, -0.15) is 0 Å². The number of halogens is 1. The number of carbonyl (C=O) groups is 3. The van der Waals surface area contributed by atoms with Crippen LogP contribution in [0.25, 0.3) is 0 Å². The first-order valence-electron chi connectivity index (χ1n) is 22.8. The third kappa shape index (κ3) is 7.58. The number of hydrogen-bond donors (Lipinski definition) is 2. The summed E-state index contributed by atoms with van der Waals surface area (Å²) in [5, 5.41) is 23.2. The molecule has 0 spiro atoms. The number of benzene rings is 1. The highest BCUT2D eigenvalue weighted by Gasteiger charge is 2.75. The number of allylic oxidation sites excluding steroid dienone is 1. The molecule has 9 atom stereocenters. The first-order chi connectivity index (χ1) is 27.3. The van der Waals surface area contributed by atoms with Crippen molar-refractivity contribution in [2.75, 3.05) is 33.7 Å². The van der Waals surface area contributed by atoms with Crippen LogP contribution in [0.4, 0.5) is 0 Å². The zero-order valence-electron chi connectivity index (χ0n) is 38.6. The van der Waals surface area contributed by atoms with Crippen LogP contribution in [-0.4, -0.2) is 83.7 Å². The van der Waals surface area contributed by atoms with Crippen molar-refractivity contribution in [1.82, 2.24) is 9.80 Å². The van der Waals surface area contributed by atoms with Crippen molar-refractivity contribution in [2.24, 2.45) is 55.7 Å². The highest BCUT2D eigenvalue weighted by atomic mass is 35.5. The van der Waals surface area contributed by atoms with Gasteiger partial charge in [0.25, 0.3) is 0 Å². The summed E-state index contributed by atoms with van der Waals surface area (Å²) in [5.74, 6) is -0.537. The Kier molecular flexibility index (Phi) is 12.6. The van der Waals surface area contributed by atoms with Crippen LogP contribution >= 0.6 is 11.6 Å². The predicted octanol–water partition coefficient (Wildman–Crippen LogP) is 10.2. The van der Waals surface area contributed by atoms with Gasteiger partial charge in [-0.05, 0) is 162 Å². The number of aliphatic hydroxyl groups is 1. The topological polar surface area (TPSA) is 107 Å². The Hall–Kier alpha value is -2.26. The molecule has 4 fully saturated rings. The zero-order chi connectivity index (χ0) is 43.7. The minimum absolute atomic E-state index is 0.00663. The van der Waals surface area contributed by atoms with E-state index < -0.39 is 28.9 Å². The number of aliphatic carboxylic acids is 1. The van der Waals surface area contributed by atoms with E-state index in [1.165, 1.54) is 11.1 Å². The smallest absolute Gasteiger partial charge is 0.309 e. The van der Waals surface area contributed by atoms with E-state index in [4.69, 9.17) is 16.3 Å². The standard InChI is InChI=1S/C50H77ClN2O6/c1-32(2)41-36(54)28-50(38(55)31-53(27-13-26-52(11)12)30-33-14-16-34(51)17-15-33)25-24-46(7)35(42(41)50)18-22-49(10)47(8)21-20-39(59-40(56)29-44(3,4)43(57)58)45(5,6)37(47)19-23-48(46,49)9/h14-17,32,35,37-39,55H,13,18-31H2,1-12H3,(H,57,58). The zero-order valence-corrected chi connectivity index (χ0v) is 39.4. The molecule has 0 bridgehead atoms. The SMILES string of the molecule is CC(C)C1=C2C3CCC4(C)C5(C)CCC(OC(=O)CC(C)(C)C(=O)O)C(C)(C)C5CCC4(C)C3(C)CCC2(C(O)CN(CCCN(C)C)Cc2ccc(Cl)cc2)CC1=O. The van der Waals surface area contributed by atoms with Crippen LogP contribution in [0.15, 0.2) is 35.4 Å². The molecule has 0 saturated heterocycles. The second-order valence-corrected chi connectivity index (χ2v) is 23.1. The summed E-state index contributed by atoms with van der Waals surface area (Å²) in [6.07, 6.45) is 7.96. The number of ether oxygens (including phenoxy) is 1. The molecular formula is C50H77ClN2O6. The number of hydrogen-bond acceptors (Lipinski definition) is 7. The van der Waals surface area contributed by atoms with Crippen LogP contribution in [0.1, 0.15) is 145 Å². The van der Waals surface area contributed by atoms with Crippen molar-refractivity contribution < 1.29 is 29.3 Å². The van der Waals surface area contributed by atoms with E-state index in [-0.39, 0.29) is 57.2 Å². The molecule has 330 valence electrons. The minimum atomic E-state index is -1.18. The van der Waals surface area contributed by atoms with E-state index in [1.54, 1.807) is 13.8 Å². The molecule has 59 heavy (non-hydrogen) atoms. The summed E-state index contributed by atoms with van der Waals surface area (Å²) in [4.78, 5) is 44.1. The summed E-state index contributed by atoms with van der Waals surface area (Å²) >= 11 is 6.27. The van der Waals surface area contributed by atoms with Gasteiger partial charge >= 0.3 is 11.9 Å². The number of nitrogens with zero attached hydrogens (tertiary/aromatic N) is 2. The average Bonchev–Trinajstić information content (AvgIpc) is 3.44. The number of ketones is 1. The van der Waals surface area contributed by atoms with Crippen LogP contribution in [0.3, 0.4) is 0 Å². The first kappa shape index (κ1) is 46.2. The molecule has 4 saturated carbocycles. The maximum atomic E-state index is 14.4. The molecule has 5 aliphatic carbocycles. The average molecular weight is 838 g/mol. The van der Waals surface area contributed by atoms with E-state index in [1.807, 2.05) is 12.1 Å². The highest BCUT2D eigenvalue weighted by Crippen LogP contribution is 2.81. The van der Waals surface area contributed by atoms with Crippen molar-refractivity contribution in [3.63, 3.8) is 0 Å². The number of esters is 1. The van der Waals surface area contributed by atoms with Gasteiger partial charge in [0.15, 0.2) is 5.78 Å². The lowest BCUT2D eigenvalue weighted by molar-refractivity contribution is -0.279. The van der Waals surface area contributed by atoms with Crippen molar-refractivity contribution in [1.29, 1.82) is 0 Å². The fourth-order valence-corrected chi connectivity index (χ4v) is 14.6. The molecule has 0 heterocycles. The minimum Gasteiger partial charge on any atom is -0.481 e. The van der Waals surface area contributed by atoms with Crippen molar-refractivity contribution in [2.45, 2.75) is 159 Å². The van der Waals surface area contributed by atoms with Crippen molar-refractivity contribution in [3.8, 4) is 0 Å². The van der Waals surface area contributed by atoms with Gasteiger partial charge < -0.3 is 19.8 Å². The third-order valence-corrected chi connectivity index (χ3v) is 18.6. The molecule has 5 aliphatic rings. The fraction of sp³-hybridized carbons (Fsp3) is 0.780. The normalized spacial score (nSPS) is 35.9. The monoisotopic (exact) mass is 837 g/mol. The quantitative estimate of drug-likeness (QED) is 0.179. The van der Waals surface area contributed by atoms with E-state index in [9.17, 15) is 24.6 Å². The second kappa shape index (κ2) is 16.1. The molecule has 1 aromatic rings. The Bertz CT molecular complexity index is 1800. The highest BCUT2D eigenvalue weighted by molar-refractivity contribution is 6.30. The van der Waals surface area contributed by atoms with Crippen LogP contribution < -0.4 is 0 Å². The van der Waals surface area contributed by atoms with Gasteiger partial charge in [0.1, 0.15) is 6.10 Å². The fourth-order valence-electron chi connectivity index (χ4n) is 14.4. The first-order valence-corrected chi connectivity index (χ1v) is 23.2. The summed E-state index contributed by atoms with van der Waals surface area (Å²) in [6.45, 7) is 25.4. The van der Waals surface area contributed by atoms with Gasteiger partial charge in [0.05, 0.1) is 17.9 Å². The summed E-state index contributed by atoms with van der Waals surface area (Å²) in [6, 6.07) is 8.04. The Labute approximate surface area is 361 Å². The lowest BCUT2D eigenvalue weighted by Gasteiger charge is -2.76. The van der Waals surface area contributed by atoms with Crippen molar-refractivity contribution in [3.05, 3.63) is 46.0 Å². The Morgan fingerprint density at radius 2 is 1.53 bits per heavy atom. The molecule has 0 aromatic heterocycles. The third-order valence-electron chi connectivity index (χ3n) is 18.3. The van der Waals surface area contributed by atoms with E-state index in [0.717, 1.165) is 83.0 Å². The maximum absolute atomic E-state index is 14.4. The number of Topliss-reactive ketones (excluding diaryl/α,β-unsaturated/α-hetero) is 1. The lowest BCUT2D eigenvalue weighted by atomic mass is 9.28.